The number of aryl methyl sites for hydroxylation is 1. The first-order valence-corrected chi connectivity index (χ1v) is 11.6. The standard InChI is InChI=1S/C24H27ClN4O2/c1-15-22(23(28-31-15)17-10-4-6-12-19(17)25)24(30)26-14-20-18-11-5-7-13-21(18)29(27-20)16-8-2-3-9-16/h4,6,10,12,16H,2-3,5,7-9,11,13-14H2,1H3,(H,26,30). The molecule has 0 spiro atoms. The molecular weight excluding hydrogens is 412 g/mol. The second kappa shape index (κ2) is 8.50. The zero-order valence-corrected chi connectivity index (χ0v) is 18.5. The minimum absolute atomic E-state index is 0.214. The van der Waals surface area contributed by atoms with E-state index >= 15 is 0 Å². The van der Waals surface area contributed by atoms with E-state index in [9.17, 15) is 4.79 Å². The summed E-state index contributed by atoms with van der Waals surface area (Å²) in [6.45, 7) is 2.16. The van der Waals surface area contributed by atoms with Gasteiger partial charge in [-0.2, -0.15) is 5.10 Å². The number of aromatic nitrogens is 3. The highest BCUT2D eigenvalue weighted by atomic mass is 35.5. The van der Waals surface area contributed by atoms with Crippen molar-refractivity contribution < 1.29 is 9.32 Å². The fourth-order valence-corrected chi connectivity index (χ4v) is 5.25. The van der Waals surface area contributed by atoms with Crippen molar-refractivity contribution in [2.24, 2.45) is 0 Å². The molecule has 3 aromatic rings. The fourth-order valence-electron chi connectivity index (χ4n) is 5.03. The van der Waals surface area contributed by atoms with Crippen molar-refractivity contribution in [3.8, 4) is 11.3 Å². The maximum atomic E-state index is 13.1. The summed E-state index contributed by atoms with van der Waals surface area (Å²) in [5.74, 6) is 0.263. The molecule has 0 radical (unpaired) electrons. The number of carbonyl (C=O) groups excluding carboxylic acids is 1. The molecule has 7 heteroatoms. The molecule has 31 heavy (non-hydrogen) atoms. The molecule has 6 nitrogen and oxygen atoms in total. The predicted molar refractivity (Wildman–Crippen MR) is 119 cm³/mol. The van der Waals surface area contributed by atoms with Crippen molar-refractivity contribution in [3.63, 3.8) is 0 Å². The Hall–Kier alpha value is -2.60. The van der Waals surface area contributed by atoms with Crippen LogP contribution in [0, 0.1) is 6.92 Å². The van der Waals surface area contributed by atoms with E-state index in [4.69, 9.17) is 21.2 Å². The monoisotopic (exact) mass is 438 g/mol. The van der Waals surface area contributed by atoms with Gasteiger partial charge in [-0.3, -0.25) is 9.48 Å². The van der Waals surface area contributed by atoms with Crippen molar-refractivity contribution >= 4 is 17.5 Å². The van der Waals surface area contributed by atoms with Crippen molar-refractivity contribution in [1.29, 1.82) is 0 Å². The molecule has 1 amide bonds. The molecule has 162 valence electrons. The van der Waals surface area contributed by atoms with E-state index in [1.54, 1.807) is 13.0 Å². The van der Waals surface area contributed by atoms with Gasteiger partial charge in [-0.1, -0.05) is 47.8 Å². The topological polar surface area (TPSA) is 73.0 Å². The van der Waals surface area contributed by atoms with Gasteiger partial charge >= 0.3 is 0 Å². The molecule has 0 saturated heterocycles. The first-order chi connectivity index (χ1) is 15.1. The lowest BCUT2D eigenvalue weighted by atomic mass is 9.95. The largest absolute Gasteiger partial charge is 0.360 e. The van der Waals surface area contributed by atoms with E-state index in [1.807, 2.05) is 18.2 Å². The van der Waals surface area contributed by atoms with Crippen LogP contribution in [-0.2, 0) is 19.4 Å². The smallest absolute Gasteiger partial charge is 0.257 e. The molecule has 2 aliphatic carbocycles. The fraction of sp³-hybridized carbons (Fsp3) is 0.458. The van der Waals surface area contributed by atoms with Gasteiger partial charge in [0.15, 0.2) is 0 Å². The second-order valence-electron chi connectivity index (χ2n) is 8.59. The lowest BCUT2D eigenvalue weighted by Crippen LogP contribution is -2.24. The number of hydrogen-bond donors (Lipinski definition) is 1. The number of benzene rings is 1. The third-order valence-electron chi connectivity index (χ3n) is 6.60. The average molecular weight is 439 g/mol. The summed E-state index contributed by atoms with van der Waals surface area (Å²) in [5, 5.41) is 12.7. The molecule has 1 saturated carbocycles. The Balaban J connectivity index is 1.40. The van der Waals surface area contributed by atoms with E-state index in [0.717, 1.165) is 18.5 Å². The first kappa shape index (κ1) is 20.3. The minimum atomic E-state index is -0.214. The molecule has 1 N–H and O–H groups in total. The summed E-state index contributed by atoms with van der Waals surface area (Å²) < 4.78 is 7.63. The summed E-state index contributed by atoms with van der Waals surface area (Å²) in [5.41, 5.74) is 5.32. The van der Waals surface area contributed by atoms with Gasteiger partial charge in [0, 0.05) is 11.3 Å². The quantitative estimate of drug-likeness (QED) is 0.576. The molecule has 1 fully saturated rings. The summed E-state index contributed by atoms with van der Waals surface area (Å²) >= 11 is 6.34. The molecule has 2 heterocycles. The van der Waals surface area contributed by atoms with Crippen LogP contribution in [0.5, 0.6) is 0 Å². The SMILES string of the molecule is Cc1onc(-c2ccccc2Cl)c1C(=O)NCc1nn(C2CCCC2)c2c1CCCC2. The lowest BCUT2D eigenvalue weighted by molar-refractivity contribution is 0.0949. The van der Waals surface area contributed by atoms with Crippen molar-refractivity contribution in [2.45, 2.75) is 70.9 Å². The van der Waals surface area contributed by atoms with Crippen molar-refractivity contribution in [3.05, 3.63) is 57.6 Å². The molecule has 2 aromatic heterocycles. The van der Waals surface area contributed by atoms with Crippen LogP contribution in [-0.4, -0.2) is 20.8 Å². The third kappa shape index (κ3) is 3.78. The van der Waals surface area contributed by atoms with Gasteiger partial charge in [0.25, 0.3) is 5.91 Å². The van der Waals surface area contributed by atoms with Gasteiger partial charge in [-0.05, 0) is 57.1 Å². The lowest BCUT2D eigenvalue weighted by Gasteiger charge is -2.18. The minimum Gasteiger partial charge on any atom is -0.360 e. The van der Waals surface area contributed by atoms with Gasteiger partial charge < -0.3 is 9.84 Å². The summed E-state index contributed by atoms with van der Waals surface area (Å²) in [4.78, 5) is 13.1. The Kier molecular flexibility index (Phi) is 5.57. The molecular formula is C24H27ClN4O2. The van der Waals surface area contributed by atoms with Gasteiger partial charge in [-0.15, -0.1) is 0 Å². The van der Waals surface area contributed by atoms with Gasteiger partial charge in [0.1, 0.15) is 17.0 Å². The van der Waals surface area contributed by atoms with Gasteiger partial charge in [-0.25, -0.2) is 0 Å². The summed E-state index contributed by atoms with van der Waals surface area (Å²) in [6.07, 6.45) is 9.52. The van der Waals surface area contributed by atoms with Crippen LogP contribution in [0.2, 0.25) is 5.02 Å². The van der Waals surface area contributed by atoms with Crippen molar-refractivity contribution in [2.75, 3.05) is 0 Å². The number of nitrogens with zero attached hydrogens (tertiary/aromatic N) is 3. The molecule has 0 aliphatic heterocycles. The Morgan fingerprint density at radius 1 is 1.19 bits per heavy atom. The number of nitrogens with one attached hydrogen (secondary N) is 1. The highest BCUT2D eigenvalue weighted by molar-refractivity contribution is 6.33. The molecule has 5 rings (SSSR count). The van der Waals surface area contributed by atoms with E-state index in [1.165, 1.54) is 49.8 Å². The van der Waals surface area contributed by atoms with E-state index in [-0.39, 0.29) is 5.91 Å². The maximum absolute atomic E-state index is 13.1. The number of carbonyl (C=O) groups is 1. The van der Waals surface area contributed by atoms with Crippen LogP contribution in [0.4, 0.5) is 0 Å². The Morgan fingerprint density at radius 2 is 1.97 bits per heavy atom. The van der Waals surface area contributed by atoms with Gasteiger partial charge in [0.05, 0.1) is 23.3 Å². The zero-order chi connectivity index (χ0) is 21.4. The van der Waals surface area contributed by atoms with Crippen LogP contribution in [0.3, 0.4) is 0 Å². The van der Waals surface area contributed by atoms with E-state index in [0.29, 0.717) is 40.2 Å². The highest BCUT2D eigenvalue weighted by Crippen LogP contribution is 2.35. The first-order valence-electron chi connectivity index (χ1n) is 11.2. The molecule has 0 bridgehead atoms. The Morgan fingerprint density at radius 3 is 2.77 bits per heavy atom. The molecule has 2 aliphatic rings. The average Bonchev–Trinajstić information content (AvgIpc) is 3.51. The third-order valence-corrected chi connectivity index (χ3v) is 6.93. The van der Waals surface area contributed by atoms with Crippen LogP contribution >= 0.6 is 11.6 Å². The molecule has 1 aromatic carbocycles. The highest BCUT2D eigenvalue weighted by Gasteiger charge is 2.28. The van der Waals surface area contributed by atoms with Crippen LogP contribution in [0.1, 0.15) is 77.6 Å². The normalized spacial score (nSPS) is 16.5. The molecule has 0 atom stereocenters. The van der Waals surface area contributed by atoms with E-state index < -0.39 is 0 Å². The van der Waals surface area contributed by atoms with Crippen LogP contribution in [0.25, 0.3) is 11.3 Å². The Labute approximate surface area is 187 Å². The van der Waals surface area contributed by atoms with Crippen LogP contribution < -0.4 is 5.32 Å². The predicted octanol–water partition coefficient (Wildman–Crippen LogP) is 5.42. The second-order valence-corrected chi connectivity index (χ2v) is 8.99. The summed E-state index contributed by atoms with van der Waals surface area (Å²) in [7, 11) is 0. The van der Waals surface area contributed by atoms with Crippen LogP contribution in [0.15, 0.2) is 28.8 Å². The zero-order valence-electron chi connectivity index (χ0n) is 17.8. The number of hydrogen-bond acceptors (Lipinski definition) is 4. The number of halogens is 1. The number of fused-ring (bicyclic) bond motifs is 1. The number of amides is 1. The Bertz CT molecular complexity index is 1110. The van der Waals surface area contributed by atoms with E-state index in [2.05, 4.69) is 15.2 Å². The molecule has 0 unspecified atom stereocenters. The van der Waals surface area contributed by atoms with Crippen molar-refractivity contribution in [1.82, 2.24) is 20.3 Å². The summed E-state index contributed by atoms with van der Waals surface area (Å²) in [6, 6.07) is 7.86. The van der Waals surface area contributed by atoms with Gasteiger partial charge in [0.2, 0.25) is 0 Å². The number of rotatable bonds is 5. The maximum Gasteiger partial charge on any atom is 0.257 e.